The first kappa shape index (κ1) is 20.1. The van der Waals surface area contributed by atoms with Gasteiger partial charge in [-0.2, -0.15) is 13.2 Å². The smallest absolute Gasteiger partial charge is 0.389 e. The Morgan fingerprint density at radius 3 is 2.57 bits per heavy atom. The minimum absolute atomic E-state index is 0. The first-order valence-electron chi connectivity index (χ1n) is 7.74. The van der Waals surface area contributed by atoms with Gasteiger partial charge in [-0.3, -0.25) is 4.90 Å². The van der Waals surface area contributed by atoms with E-state index in [1.54, 1.807) is 0 Å². The first-order chi connectivity index (χ1) is 10.5. The fourth-order valence-electron chi connectivity index (χ4n) is 2.83. The molecule has 1 heterocycles. The highest BCUT2D eigenvalue weighted by molar-refractivity contribution is 5.85. The van der Waals surface area contributed by atoms with Gasteiger partial charge in [-0.15, -0.1) is 12.4 Å². The maximum Gasteiger partial charge on any atom is 0.389 e. The summed E-state index contributed by atoms with van der Waals surface area (Å²) in [7, 11) is 0. The second-order valence-corrected chi connectivity index (χ2v) is 5.46. The van der Waals surface area contributed by atoms with Crippen LogP contribution in [0.3, 0.4) is 0 Å². The van der Waals surface area contributed by atoms with Gasteiger partial charge in [-0.25, -0.2) is 0 Å². The quantitative estimate of drug-likeness (QED) is 0.843. The van der Waals surface area contributed by atoms with E-state index >= 15 is 0 Å². The van der Waals surface area contributed by atoms with Crippen molar-refractivity contribution in [3.63, 3.8) is 0 Å². The number of rotatable bonds is 6. The molecule has 1 saturated heterocycles. The highest BCUT2D eigenvalue weighted by Gasteiger charge is 2.31. The van der Waals surface area contributed by atoms with Crippen LogP contribution < -0.4 is 10.1 Å². The van der Waals surface area contributed by atoms with Crippen LogP contribution in [-0.2, 0) is 0 Å². The minimum Gasteiger partial charge on any atom is -0.494 e. The van der Waals surface area contributed by atoms with E-state index in [0.29, 0.717) is 12.4 Å². The maximum atomic E-state index is 12.6. The number of ether oxygens (including phenoxy) is 1. The van der Waals surface area contributed by atoms with E-state index in [-0.39, 0.29) is 24.9 Å². The van der Waals surface area contributed by atoms with E-state index < -0.39 is 12.6 Å². The molecule has 3 nitrogen and oxygen atoms in total. The highest BCUT2D eigenvalue weighted by Crippen LogP contribution is 2.33. The fourth-order valence-corrected chi connectivity index (χ4v) is 2.83. The number of halogens is 4. The number of nitrogens with one attached hydrogen (secondary N) is 1. The number of hydrogen-bond acceptors (Lipinski definition) is 3. The molecule has 0 aliphatic carbocycles. The summed E-state index contributed by atoms with van der Waals surface area (Å²) in [5.74, 6) is 0.715. The number of hydrogen-bond donors (Lipinski definition) is 1. The number of piperazine rings is 1. The molecular formula is C16H24ClF3N2O. The molecule has 7 heteroatoms. The van der Waals surface area contributed by atoms with Crippen molar-refractivity contribution in [3.05, 3.63) is 29.8 Å². The van der Waals surface area contributed by atoms with Gasteiger partial charge in [0.15, 0.2) is 0 Å². The predicted molar refractivity (Wildman–Crippen MR) is 87.3 cm³/mol. The Balaban J connectivity index is 0.00000264. The SMILES string of the molecule is CCOc1cccc([C@H](CCC(F)(F)F)N2CCNCC2)c1.Cl. The van der Waals surface area contributed by atoms with Gasteiger partial charge in [-0.05, 0) is 31.0 Å². The third kappa shape index (κ3) is 6.57. The summed E-state index contributed by atoms with van der Waals surface area (Å²) in [5, 5.41) is 3.24. The van der Waals surface area contributed by atoms with Crippen LogP contribution in [-0.4, -0.2) is 43.9 Å². The standard InChI is InChI=1S/C16H23F3N2O.ClH/c1-2-22-14-5-3-4-13(12-14)15(6-7-16(17,18)19)21-10-8-20-9-11-21;/h3-5,12,15,20H,2,6-11H2,1H3;1H/t15-;/m0./s1. The molecular weight excluding hydrogens is 329 g/mol. The van der Waals surface area contributed by atoms with E-state index in [0.717, 1.165) is 31.7 Å². The molecule has 0 spiro atoms. The van der Waals surface area contributed by atoms with Gasteiger partial charge in [0, 0.05) is 38.6 Å². The third-order valence-corrected chi connectivity index (χ3v) is 3.85. The van der Waals surface area contributed by atoms with E-state index in [1.807, 2.05) is 31.2 Å². The lowest BCUT2D eigenvalue weighted by Gasteiger charge is -2.35. The van der Waals surface area contributed by atoms with Crippen molar-refractivity contribution in [1.82, 2.24) is 10.2 Å². The van der Waals surface area contributed by atoms with Crippen molar-refractivity contribution in [2.75, 3.05) is 32.8 Å². The van der Waals surface area contributed by atoms with Crippen LogP contribution in [0.4, 0.5) is 13.2 Å². The summed E-state index contributed by atoms with van der Waals surface area (Å²) in [6.45, 7) is 5.60. The van der Waals surface area contributed by atoms with E-state index in [2.05, 4.69) is 10.2 Å². The summed E-state index contributed by atoms with van der Waals surface area (Å²) in [4.78, 5) is 2.13. The zero-order chi connectivity index (χ0) is 16.0. The lowest BCUT2D eigenvalue weighted by Crippen LogP contribution is -2.45. The Morgan fingerprint density at radius 1 is 1.26 bits per heavy atom. The monoisotopic (exact) mass is 352 g/mol. The number of alkyl halides is 3. The second-order valence-electron chi connectivity index (χ2n) is 5.46. The lowest BCUT2D eigenvalue weighted by atomic mass is 9.99. The minimum atomic E-state index is -4.12. The number of benzene rings is 1. The molecule has 1 aromatic carbocycles. The van der Waals surface area contributed by atoms with Crippen molar-refractivity contribution in [1.29, 1.82) is 0 Å². The Labute approximate surface area is 141 Å². The lowest BCUT2D eigenvalue weighted by molar-refractivity contribution is -0.138. The van der Waals surface area contributed by atoms with Crippen molar-refractivity contribution in [2.45, 2.75) is 32.0 Å². The molecule has 0 amide bonds. The zero-order valence-electron chi connectivity index (χ0n) is 13.2. The van der Waals surface area contributed by atoms with Crippen molar-refractivity contribution >= 4 is 12.4 Å². The van der Waals surface area contributed by atoms with Crippen LogP contribution in [0.5, 0.6) is 5.75 Å². The molecule has 1 aliphatic rings. The van der Waals surface area contributed by atoms with E-state index in [9.17, 15) is 13.2 Å². The van der Waals surface area contributed by atoms with Gasteiger partial charge in [0.2, 0.25) is 0 Å². The van der Waals surface area contributed by atoms with Crippen LogP contribution in [0, 0.1) is 0 Å². The molecule has 0 radical (unpaired) electrons. The second kappa shape index (κ2) is 9.35. The predicted octanol–water partition coefficient (Wildman–Crippen LogP) is 3.80. The third-order valence-electron chi connectivity index (χ3n) is 3.85. The molecule has 0 aromatic heterocycles. The summed E-state index contributed by atoms with van der Waals surface area (Å²) >= 11 is 0. The van der Waals surface area contributed by atoms with Crippen LogP contribution in [0.15, 0.2) is 24.3 Å². The van der Waals surface area contributed by atoms with Crippen molar-refractivity contribution in [2.24, 2.45) is 0 Å². The molecule has 2 rings (SSSR count). The van der Waals surface area contributed by atoms with Gasteiger partial charge >= 0.3 is 6.18 Å². The first-order valence-corrected chi connectivity index (χ1v) is 7.74. The molecule has 1 aromatic rings. The molecule has 0 bridgehead atoms. The Hall–Kier alpha value is -0.980. The Bertz CT molecular complexity index is 465. The highest BCUT2D eigenvalue weighted by atomic mass is 35.5. The summed E-state index contributed by atoms with van der Waals surface area (Å²) in [5.41, 5.74) is 0.900. The average Bonchev–Trinajstić information content (AvgIpc) is 2.48. The van der Waals surface area contributed by atoms with E-state index in [1.165, 1.54) is 0 Å². The van der Waals surface area contributed by atoms with Crippen LogP contribution in [0.25, 0.3) is 0 Å². The molecule has 0 saturated carbocycles. The van der Waals surface area contributed by atoms with Gasteiger partial charge in [0.05, 0.1) is 6.61 Å². The fraction of sp³-hybridized carbons (Fsp3) is 0.625. The molecule has 1 aliphatic heterocycles. The largest absolute Gasteiger partial charge is 0.494 e. The Morgan fingerprint density at radius 2 is 1.96 bits per heavy atom. The van der Waals surface area contributed by atoms with Gasteiger partial charge < -0.3 is 10.1 Å². The average molecular weight is 353 g/mol. The van der Waals surface area contributed by atoms with E-state index in [4.69, 9.17) is 4.74 Å². The normalized spacial score (nSPS) is 17.4. The summed E-state index contributed by atoms with van der Waals surface area (Å²) < 4.78 is 43.4. The maximum absolute atomic E-state index is 12.6. The number of nitrogens with zero attached hydrogens (tertiary/aromatic N) is 1. The molecule has 23 heavy (non-hydrogen) atoms. The summed E-state index contributed by atoms with van der Waals surface area (Å²) in [6, 6.07) is 7.23. The molecule has 1 fully saturated rings. The van der Waals surface area contributed by atoms with Gasteiger partial charge in [-0.1, -0.05) is 12.1 Å². The van der Waals surface area contributed by atoms with Gasteiger partial charge in [0.1, 0.15) is 5.75 Å². The molecule has 132 valence electrons. The van der Waals surface area contributed by atoms with Crippen molar-refractivity contribution in [3.8, 4) is 5.75 Å². The molecule has 0 unspecified atom stereocenters. The van der Waals surface area contributed by atoms with Crippen molar-refractivity contribution < 1.29 is 17.9 Å². The Kier molecular flexibility index (Phi) is 8.16. The van der Waals surface area contributed by atoms with Crippen LogP contribution >= 0.6 is 12.4 Å². The van der Waals surface area contributed by atoms with Crippen LogP contribution in [0.2, 0.25) is 0 Å². The summed E-state index contributed by atoms with van der Waals surface area (Å²) in [6.07, 6.45) is -4.80. The molecule has 1 atom stereocenters. The van der Waals surface area contributed by atoms with Crippen LogP contribution in [0.1, 0.15) is 31.4 Å². The molecule has 1 N–H and O–H groups in total. The topological polar surface area (TPSA) is 24.5 Å². The zero-order valence-corrected chi connectivity index (χ0v) is 14.1. The van der Waals surface area contributed by atoms with Gasteiger partial charge in [0.25, 0.3) is 0 Å².